The minimum absolute atomic E-state index is 0.733. The van der Waals surface area contributed by atoms with Gasteiger partial charge in [-0.3, -0.25) is 5.10 Å². The van der Waals surface area contributed by atoms with Crippen LogP contribution < -0.4 is 4.90 Å². The van der Waals surface area contributed by atoms with Crippen LogP contribution in [0.3, 0.4) is 0 Å². The number of hydrogen-bond donors (Lipinski definition) is 1. The SMILES string of the molecule is Brc1ccc2[nH]nc(-c3cn(-c4ccc(N5CCOCC5)cc4)nn3)c2c1. The van der Waals surface area contributed by atoms with Crippen LogP contribution in [0.4, 0.5) is 5.69 Å². The van der Waals surface area contributed by atoms with Crippen LogP contribution in [-0.4, -0.2) is 51.5 Å². The van der Waals surface area contributed by atoms with Crippen LogP contribution in [0.15, 0.2) is 53.1 Å². The van der Waals surface area contributed by atoms with Gasteiger partial charge in [-0.2, -0.15) is 5.10 Å². The number of hydrogen-bond acceptors (Lipinski definition) is 5. The maximum absolute atomic E-state index is 5.41. The summed E-state index contributed by atoms with van der Waals surface area (Å²) >= 11 is 3.51. The van der Waals surface area contributed by atoms with E-state index in [0.29, 0.717) is 0 Å². The van der Waals surface area contributed by atoms with Crippen LogP contribution in [0.1, 0.15) is 0 Å². The van der Waals surface area contributed by atoms with E-state index in [9.17, 15) is 0 Å². The highest BCUT2D eigenvalue weighted by atomic mass is 79.9. The molecule has 27 heavy (non-hydrogen) atoms. The van der Waals surface area contributed by atoms with E-state index in [1.165, 1.54) is 5.69 Å². The lowest BCUT2D eigenvalue weighted by molar-refractivity contribution is 0.122. The molecular weight excluding hydrogens is 408 g/mol. The van der Waals surface area contributed by atoms with Crippen LogP contribution in [-0.2, 0) is 4.74 Å². The molecule has 0 bridgehead atoms. The number of H-pyrrole nitrogens is 1. The van der Waals surface area contributed by atoms with Crippen molar-refractivity contribution in [2.24, 2.45) is 0 Å². The van der Waals surface area contributed by atoms with Crippen molar-refractivity contribution in [3.63, 3.8) is 0 Å². The standard InChI is InChI=1S/C19H17BrN6O/c20-13-1-6-17-16(11-13)19(23-21-17)18-12-26(24-22-18)15-4-2-14(3-5-15)25-7-9-27-10-8-25/h1-6,11-12H,7-10H2,(H,21,23). The number of morpholine rings is 1. The van der Waals surface area contributed by atoms with Crippen LogP contribution >= 0.6 is 15.9 Å². The Kier molecular flexibility index (Phi) is 4.14. The molecule has 3 heterocycles. The summed E-state index contributed by atoms with van der Waals surface area (Å²) in [6, 6.07) is 14.4. The smallest absolute Gasteiger partial charge is 0.134 e. The first-order chi connectivity index (χ1) is 13.3. The highest BCUT2D eigenvalue weighted by Crippen LogP contribution is 2.27. The lowest BCUT2D eigenvalue weighted by Gasteiger charge is -2.28. The third-order valence-electron chi connectivity index (χ3n) is 4.75. The Morgan fingerprint density at radius 2 is 1.78 bits per heavy atom. The van der Waals surface area contributed by atoms with Gasteiger partial charge in [0.2, 0.25) is 0 Å². The fourth-order valence-electron chi connectivity index (χ4n) is 3.32. The number of nitrogens with zero attached hydrogens (tertiary/aromatic N) is 5. The summed E-state index contributed by atoms with van der Waals surface area (Å²) in [6.07, 6.45) is 1.90. The molecular formula is C19H17BrN6O. The summed E-state index contributed by atoms with van der Waals surface area (Å²) in [5, 5.41) is 17.1. The van der Waals surface area contributed by atoms with Gasteiger partial charge >= 0.3 is 0 Å². The highest BCUT2D eigenvalue weighted by Gasteiger charge is 2.14. The number of benzene rings is 2. The van der Waals surface area contributed by atoms with Gasteiger partial charge in [-0.1, -0.05) is 21.1 Å². The Labute approximate surface area is 164 Å². The molecule has 1 fully saturated rings. The van der Waals surface area contributed by atoms with E-state index in [-0.39, 0.29) is 0 Å². The quantitative estimate of drug-likeness (QED) is 0.545. The normalized spacial score (nSPS) is 14.8. The van der Waals surface area contributed by atoms with E-state index in [2.05, 4.69) is 65.6 Å². The second kappa shape index (κ2) is 6.79. The number of fused-ring (bicyclic) bond motifs is 1. The van der Waals surface area contributed by atoms with Crippen molar-refractivity contribution in [1.29, 1.82) is 0 Å². The monoisotopic (exact) mass is 424 g/mol. The molecule has 0 atom stereocenters. The second-order valence-electron chi connectivity index (χ2n) is 6.43. The molecule has 1 N–H and O–H groups in total. The van der Waals surface area contributed by atoms with Crippen LogP contribution in [0.25, 0.3) is 28.0 Å². The first-order valence-corrected chi connectivity index (χ1v) is 9.57. The molecule has 0 unspecified atom stereocenters. The maximum Gasteiger partial charge on any atom is 0.134 e. The molecule has 1 aliphatic heterocycles. The molecule has 0 aliphatic carbocycles. The molecule has 0 amide bonds. The van der Waals surface area contributed by atoms with Crippen molar-refractivity contribution < 1.29 is 4.74 Å². The molecule has 2 aromatic carbocycles. The molecule has 136 valence electrons. The average Bonchev–Trinajstić information content (AvgIpc) is 3.35. The largest absolute Gasteiger partial charge is 0.378 e. The number of aromatic nitrogens is 5. The van der Waals surface area contributed by atoms with Crippen molar-refractivity contribution in [1.82, 2.24) is 25.2 Å². The van der Waals surface area contributed by atoms with Gasteiger partial charge < -0.3 is 9.64 Å². The number of aromatic amines is 1. The van der Waals surface area contributed by atoms with Gasteiger partial charge in [0.15, 0.2) is 0 Å². The molecule has 2 aromatic heterocycles. The molecule has 0 saturated carbocycles. The Balaban J connectivity index is 1.44. The Hall–Kier alpha value is -2.71. The van der Waals surface area contributed by atoms with Gasteiger partial charge in [-0.15, -0.1) is 5.10 Å². The molecule has 1 aliphatic rings. The summed E-state index contributed by atoms with van der Waals surface area (Å²) < 4.78 is 8.19. The minimum atomic E-state index is 0.733. The molecule has 0 radical (unpaired) electrons. The Morgan fingerprint density at radius 1 is 1.00 bits per heavy atom. The fraction of sp³-hybridized carbons (Fsp3) is 0.211. The van der Waals surface area contributed by atoms with Crippen molar-refractivity contribution >= 4 is 32.5 Å². The first kappa shape index (κ1) is 16.5. The van der Waals surface area contributed by atoms with Gasteiger partial charge in [0.25, 0.3) is 0 Å². The highest BCUT2D eigenvalue weighted by molar-refractivity contribution is 9.10. The summed E-state index contributed by atoms with van der Waals surface area (Å²) in [6.45, 7) is 3.41. The summed E-state index contributed by atoms with van der Waals surface area (Å²) in [5.41, 5.74) is 4.66. The summed E-state index contributed by atoms with van der Waals surface area (Å²) in [5.74, 6) is 0. The van der Waals surface area contributed by atoms with Crippen molar-refractivity contribution in [3.05, 3.63) is 53.1 Å². The van der Waals surface area contributed by atoms with Gasteiger partial charge in [0.05, 0.1) is 30.6 Å². The molecule has 7 nitrogen and oxygen atoms in total. The molecule has 1 saturated heterocycles. The third-order valence-corrected chi connectivity index (χ3v) is 5.24. The average molecular weight is 425 g/mol. The zero-order valence-electron chi connectivity index (χ0n) is 14.5. The molecule has 4 aromatic rings. The van der Waals surface area contributed by atoms with Crippen LogP contribution in [0.2, 0.25) is 0 Å². The number of nitrogens with one attached hydrogen (secondary N) is 1. The maximum atomic E-state index is 5.41. The van der Waals surface area contributed by atoms with E-state index in [1.807, 2.05) is 24.4 Å². The van der Waals surface area contributed by atoms with Gasteiger partial charge in [0.1, 0.15) is 11.4 Å². The zero-order chi connectivity index (χ0) is 18.2. The molecule has 5 rings (SSSR count). The summed E-state index contributed by atoms with van der Waals surface area (Å²) in [7, 11) is 0. The molecule has 0 spiro atoms. The number of rotatable bonds is 3. The third kappa shape index (κ3) is 3.11. The molecule has 8 heteroatoms. The Morgan fingerprint density at radius 3 is 2.59 bits per heavy atom. The van der Waals surface area contributed by atoms with E-state index in [0.717, 1.165) is 58.8 Å². The minimum Gasteiger partial charge on any atom is -0.378 e. The van der Waals surface area contributed by atoms with Crippen LogP contribution in [0.5, 0.6) is 0 Å². The van der Waals surface area contributed by atoms with Crippen molar-refractivity contribution in [2.75, 3.05) is 31.2 Å². The van der Waals surface area contributed by atoms with Gasteiger partial charge in [-0.05, 0) is 42.5 Å². The van der Waals surface area contributed by atoms with Gasteiger partial charge in [-0.25, -0.2) is 4.68 Å². The van der Waals surface area contributed by atoms with Crippen LogP contribution in [0, 0.1) is 0 Å². The van der Waals surface area contributed by atoms with Crippen molar-refractivity contribution in [2.45, 2.75) is 0 Å². The van der Waals surface area contributed by atoms with Gasteiger partial charge in [0, 0.05) is 28.6 Å². The number of halogens is 1. The second-order valence-corrected chi connectivity index (χ2v) is 7.34. The fourth-order valence-corrected chi connectivity index (χ4v) is 3.68. The summed E-state index contributed by atoms with van der Waals surface area (Å²) in [4.78, 5) is 2.33. The zero-order valence-corrected chi connectivity index (χ0v) is 16.1. The first-order valence-electron chi connectivity index (χ1n) is 8.77. The lowest BCUT2D eigenvalue weighted by Crippen LogP contribution is -2.36. The van der Waals surface area contributed by atoms with E-state index >= 15 is 0 Å². The Bertz CT molecular complexity index is 1080. The predicted molar refractivity (Wildman–Crippen MR) is 107 cm³/mol. The van der Waals surface area contributed by atoms with Crippen molar-refractivity contribution in [3.8, 4) is 17.1 Å². The van der Waals surface area contributed by atoms with E-state index < -0.39 is 0 Å². The number of ether oxygens (including phenoxy) is 1. The lowest BCUT2D eigenvalue weighted by atomic mass is 10.2. The van der Waals surface area contributed by atoms with E-state index in [4.69, 9.17) is 4.74 Å². The van der Waals surface area contributed by atoms with E-state index in [1.54, 1.807) is 4.68 Å². The number of anilines is 1. The topological polar surface area (TPSA) is 71.9 Å². The predicted octanol–water partition coefficient (Wildman–Crippen LogP) is 3.41.